The topological polar surface area (TPSA) is 205 Å². The van der Waals surface area contributed by atoms with Crippen LogP contribution in [-0.4, -0.2) is 86.7 Å². The molecule has 1 aromatic rings. The highest BCUT2D eigenvalue weighted by Gasteiger charge is 2.38. The van der Waals surface area contributed by atoms with Gasteiger partial charge >= 0.3 is 0 Å². The van der Waals surface area contributed by atoms with E-state index in [2.05, 4.69) is 25.9 Å². The lowest BCUT2D eigenvalue weighted by Gasteiger charge is -2.29. The summed E-state index contributed by atoms with van der Waals surface area (Å²) in [7, 11) is 0. The molecule has 0 saturated carbocycles. The molecule has 206 valence electrons. The lowest BCUT2D eigenvalue weighted by molar-refractivity contribution is -0.141. The average molecular weight is 539 g/mol. The number of aromatic amines is 1. The van der Waals surface area contributed by atoms with Crippen LogP contribution in [-0.2, 0) is 30.4 Å². The van der Waals surface area contributed by atoms with Gasteiger partial charge in [-0.15, -0.1) is 11.8 Å². The van der Waals surface area contributed by atoms with Gasteiger partial charge in [0.15, 0.2) is 0 Å². The van der Waals surface area contributed by atoms with Gasteiger partial charge in [-0.25, -0.2) is 4.98 Å². The first-order valence-electron chi connectivity index (χ1n) is 12.2. The first-order valence-corrected chi connectivity index (χ1v) is 13.3. The van der Waals surface area contributed by atoms with Crippen LogP contribution in [0.4, 0.5) is 0 Å². The van der Waals surface area contributed by atoms with Crippen molar-refractivity contribution in [3.63, 3.8) is 0 Å². The van der Waals surface area contributed by atoms with Crippen molar-refractivity contribution in [3.05, 3.63) is 18.2 Å². The number of aromatic nitrogens is 2. The maximum Gasteiger partial charge on any atom is 0.246 e. The van der Waals surface area contributed by atoms with Gasteiger partial charge in [0.2, 0.25) is 29.5 Å². The SMILES string of the molecule is CC(C)C[C@H](NC(=O)[C@H](Cc1cnc[nH]1)NC(=O)CNC(=O)[C@@H](N)C(C)C)C(=O)N1CSC[C@H]1C(N)=O. The van der Waals surface area contributed by atoms with Crippen molar-refractivity contribution >= 4 is 41.3 Å². The standard InChI is InChI=1S/C23H38N8O5S/c1-12(2)5-16(23(36)31-11-37-9-17(31)20(25)33)30-21(34)15(6-14-7-26-10-28-14)29-18(32)8-27-22(35)19(24)13(3)4/h7,10,12-13,15-17,19H,5-6,8-9,11,24H2,1-4H3,(H2,25,33)(H,26,28)(H,27,35)(H,29,32)(H,30,34)/t15-,16-,17-,19-/m0/s1. The third kappa shape index (κ3) is 9.04. The molecule has 1 aromatic heterocycles. The van der Waals surface area contributed by atoms with Crippen LogP contribution in [0.1, 0.15) is 39.8 Å². The van der Waals surface area contributed by atoms with Crippen LogP contribution in [0.5, 0.6) is 0 Å². The molecule has 4 atom stereocenters. The summed E-state index contributed by atoms with van der Waals surface area (Å²) < 4.78 is 0. The second kappa shape index (κ2) is 14.0. The molecule has 0 unspecified atom stereocenters. The second-order valence-electron chi connectivity index (χ2n) is 9.81. The Hall–Kier alpha value is -3.13. The van der Waals surface area contributed by atoms with E-state index in [0.717, 1.165) is 0 Å². The molecule has 1 fully saturated rings. The number of thioether (sulfide) groups is 1. The van der Waals surface area contributed by atoms with E-state index in [0.29, 0.717) is 23.7 Å². The normalized spacial score (nSPS) is 17.8. The van der Waals surface area contributed by atoms with Crippen LogP contribution < -0.4 is 27.4 Å². The molecule has 1 saturated heterocycles. The minimum Gasteiger partial charge on any atom is -0.368 e. The smallest absolute Gasteiger partial charge is 0.246 e. The van der Waals surface area contributed by atoms with Crippen LogP contribution in [0.15, 0.2) is 12.5 Å². The monoisotopic (exact) mass is 538 g/mol. The van der Waals surface area contributed by atoms with Crippen molar-refractivity contribution in [2.75, 3.05) is 18.2 Å². The Kier molecular flexibility index (Phi) is 11.4. The third-order valence-electron chi connectivity index (χ3n) is 5.89. The highest BCUT2D eigenvalue weighted by Crippen LogP contribution is 2.23. The van der Waals surface area contributed by atoms with E-state index >= 15 is 0 Å². The van der Waals surface area contributed by atoms with Gasteiger partial charge in [0.05, 0.1) is 24.8 Å². The van der Waals surface area contributed by atoms with Crippen molar-refractivity contribution in [2.45, 2.75) is 64.7 Å². The molecule has 0 aromatic carbocycles. The Morgan fingerprint density at radius 2 is 1.84 bits per heavy atom. The Bertz CT molecular complexity index is 955. The van der Waals surface area contributed by atoms with Crippen LogP contribution >= 0.6 is 11.8 Å². The highest BCUT2D eigenvalue weighted by molar-refractivity contribution is 7.99. The fraction of sp³-hybridized carbons (Fsp3) is 0.652. The van der Waals surface area contributed by atoms with Gasteiger partial charge < -0.3 is 37.3 Å². The fourth-order valence-electron chi connectivity index (χ4n) is 3.72. The summed E-state index contributed by atoms with van der Waals surface area (Å²) in [6.45, 7) is 7.02. The van der Waals surface area contributed by atoms with Crippen LogP contribution in [0.3, 0.4) is 0 Å². The lowest BCUT2D eigenvalue weighted by atomic mass is 10.0. The van der Waals surface area contributed by atoms with Crippen molar-refractivity contribution < 1.29 is 24.0 Å². The van der Waals surface area contributed by atoms with Crippen LogP contribution in [0.25, 0.3) is 0 Å². The number of nitrogens with one attached hydrogen (secondary N) is 4. The number of hydrogen-bond donors (Lipinski definition) is 6. The van der Waals surface area contributed by atoms with E-state index in [1.54, 1.807) is 13.8 Å². The van der Waals surface area contributed by atoms with Crippen molar-refractivity contribution in [1.29, 1.82) is 0 Å². The number of nitrogens with zero attached hydrogens (tertiary/aromatic N) is 2. The molecule has 2 rings (SSSR count). The van der Waals surface area contributed by atoms with Gasteiger partial charge in [-0.2, -0.15) is 0 Å². The molecule has 5 amide bonds. The van der Waals surface area contributed by atoms with Gasteiger partial charge in [0, 0.05) is 24.1 Å². The summed E-state index contributed by atoms with van der Waals surface area (Å²) >= 11 is 1.41. The molecule has 0 radical (unpaired) electrons. The Morgan fingerprint density at radius 3 is 2.41 bits per heavy atom. The summed E-state index contributed by atoms with van der Waals surface area (Å²) in [4.78, 5) is 71.4. The Balaban J connectivity index is 2.14. The molecule has 37 heavy (non-hydrogen) atoms. The molecule has 8 N–H and O–H groups in total. The molecule has 13 nitrogen and oxygen atoms in total. The van der Waals surface area contributed by atoms with Gasteiger partial charge in [-0.1, -0.05) is 27.7 Å². The Labute approximate surface area is 220 Å². The molecule has 0 spiro atoms. The third-order valence-corrected chi connectivity index (χ3v) is 6.90. The molecular weight excluding hydrogens is 500 g/mol. The number of rotatable bonds is 13. The van der Waals surface area contributed by atoms with Gasteiger partial charge in [-0.05, 0) is 18.3 Å². The zero-order chi connectivity index (χ0) is 27.7. The number of H-pyrrole nitrogens is 1. The molecule has 14 heteroatoms. The van der Waals surface area contributed by atoms with Crippen molar-refractivity contribution in [2.24, 2.45) is 23.3 Å². The first-order chi connectivity index (χ1) is 17.4. The number of imidazole rings is 1. The van der Waals surface area contributed by atoms with E-state index in [4.69, 9.17) is 11.5 Å². The van der Waals surface area contributed by atoms with E-state index in [-0.39, 0.29) is 24.8 Å². The number of amides is 5. The summed E-state index contributed by atoms with van der Waals surface area (Å²) in [6, 6.07) is -3.50. The quantitative estimate of drug-likeness (QED) is 0.173. The van der Waals surface area contributed by atoms with E-state index in [1.807, 2.05) is 13.8 Å². The number of hydrogen-bond acceptors (Lipinski definition) is 8. The van der Waals surface area contributed by atoms with E-state index in [1.165, 1.54) is 29.2 Å². The number of carbonyl (C=O) groups is 5. The summed E-state index contributed by atoms with van der Waals surface area (Å²) in [5.74, 6) is -2.03. The number of primary amides is 1. The molecule has 0 bridgehead atoms. The predicted molar refractivity (Wildman–Crippen MR) is 139 cm³/mol. The van der Waals surface area contributed by atoms with Crippen LogP contribution in [0, 0.1) is 11.8 Å². The zero-order valence-corrected chi connectivity index (χ0v) is 22.5. The maximum absolute atomic E-state index is 13.3. The summed E-state index contributed by atoms with van der Waals surface area (Å²) in [5.41, 5.74) is 11.9. The Morgan fingerprint density at radius 1 is 1.14 bits per heavy atom. The molecule has 0 aliphatic carbocycles. The van der Waals surface area contributed by atoms with E-state index in [9.17, 15) is 24.0 Å². The lowest BCUT2D eigenvalue weighted by Crippen LogP contribution is -2.58. The zero-order valence-electron chi connectivity index (χ0n) is 21.7. The summed E-state index contributed by atoms with van der Waals surface area (Å²) in [6.07, 6.45) is 3.36. The molecular formula is C23H38N8O5S. The largest absolute Gasteiger partial charge is 0.368 e. The average Bonchev–Trinajstić information content (AvgIpc) is 3.52. The second-order valence-corrected chi connectivity index (χ2v) is 10.8. The number of nitrogens with two attached hydrogens (primary N) is 2. The van der Waals surface area contributed by atoms with Gasteiger partial charge in [-0.3, -0.25) is 24.0 Å². The minimum absolute atomic E-state index is 0.0533. The molecule has 1 aliphatic rings. The van der Waals surface area contributed by atoms with Crippen LogP contribution in [0.2, 0.25) is 0 Å². The summed E-state index contributed by atoms with van der Waals surface area (Å²) in [5, 5.41) is 7.84. The van der Waals surface area contributed by atoms with Crippen molar-refractivity contribution in [3.8, 4) is 0 Å². The predicted octanol–water partition coefficient (Wildman–Crippen LogP) is -1.55. The van der Waals surface area contributed by atoms with Crippen molar-refractivity contribution in [1.82, 2.24) is 30.8 Å². The highest BCUT2D eigenvalue weighted by atomic mass is 32.2. The maximum atomic E-state index is 13.3. The fourth-order valence-corrected chi connectivity index (χ4v) is 4.90. The first kappa shape index (κ1) is 30.1. The van der Waals surface area contributed by atoms with Gasteiger partial charge in [0.25, 0.3) is 0 Å². The van der Waals surface area contributed by atoms with E-state index < -0.39 is 53.7 Å². The number of carbonyl (C=O) groups excluding carboxylic acids is 5. The minimum atomic E-state index is -1.06. The van der Waals surface area contributed by atoms with Gasteiger partial charge in [0.1, 0.15) is 18.1 Å². The molecule has 1 aliphatic heterocycles. The molecule has 2 heterocycles.